The number of nitrogens with zero attached hydrogens (tertiary/aromatic N) is 3. The van der Waals surface area contributed by atoms with Crippen molar-refractivity contribution in [2.75, 3.05) is 0 Å². The van der Waals surface area contributed by atoms with Crippen LogP contribution in [-0.4, -0.2) is 14.7 Å². The fourth-order valence-corrected chi connectivity index (χ4v) is 2.81. The van der Waals surface area contributed by atoms with Crippen molar-refractivity contribution >= 4 is 11.0 Å². The molecular formula is C17H22N4O. The topological polar surface area (TPSA) is 69.9 Å². The lowest BCUT2D eigenvalue weighted by Gasteiger charge is -2.11. The van der Waals surface area contributed by atoms with E-state index < -0.39 is 0 Å². The van der Waals surface area contributed by atoms with Crippen LogP contribution in [0.25, 0.3) is 11.0 Å². The summed E-state index contributed by atoms with van der Waals surface area (Å²) in [6.45, 7) is 8.70. The quantitative estimate of drug-likeness (QED) is 0.802. The Morgan fingerprint density at radius 1 is 1.32 bits per heavy atom. The van der Waals surface area contributed by atoms with Gasteiger partial charge in [-0.2, -0.15) is 0 Å². The standard InChI is InChI=1S/C17H22N4O/c1-5-13-6-7-16-15(8-13)19-17(10(2)18)21(16)9-14-11(3)20-22-12(14)4/h6-8,10H,5,9,18H2,1-4H3. The second kappa shape index (κ2) is 5.57. The third-order valence-electron chi connectivity index (χ3n) is 4.16. The highest BCUT2D eigenvalue weighted by Crippen LogP contribution is 2.24. The number of benzene rings is 1. The van der Waals surface area contributed by atoms with E-state index in [4.69, 9.17) is 15.2 Å². The Bertz CT molecular complexity index is 794. The van der Waals surface area contributed by atoms with Gasteiger partial charge in [-0.3, -0.25) is 0 Å². The number of rotatable bonds is 4. The Kier molecular flexibility index (Phi) is 3.74. The lowest BCUT2D eigenvalue weighted by atomic mass is 10.1. The van der Waals surface area contributed by atoms with Crippen LogP contribution in [0.4, 0.5) is 0 Å². The minimum atomic E-state index is -0.127. The highest BCUT2D eigenvalue weighted by molar-refractivity contribution is 5.77. The number of imidazole rings is 1. The summed E-state index contributed by atoms with van der Waals surface area (Å²) >= 11 is 0. The van der Waals surface area contributed by atoms with Crippen molar-refractivity contribution in [3.63, 3.8) is 0 Å². The first-order valence-electron chi connectivity index (χ1n) is 7.67. The van der Waals surface area contributed by atoms with Gasteiger partial charge in [-0.1, -0.05) is 18.1 Å². The van der Waals surface area contributed by atoms with Crippen LogP contribution >= 0.6 is 0 Å². The molecule has 0 saturated carbocycles. The number of fused-ring (bicyclic) bond motifs is 1. The summed E-state index contributed by atoms with van der Waals surface area (Å²) in [5.74, 6) is 1.74. The van der Waals surface area contributed by atoms with E-state index in [1.807, 2.05) is 20.8 Å². The average Bonchev–Trinajstić information content (AvgIpc) is 3.02. The van der Waals surface area contributed by atoms with Gasteiger partial charge in [0.25, 0.3) is 0 Å². The van der Waals surface area contributed by atoms with Gasteiger partial charge in [-0.15, -0.1) is 0 Å². The van der Waals surface area contributed by atoms with Crippen molar-refractivity contribution in [1.29, 1.82) is 0 Å². The van der Waals surface area contributed by atoms with Crippen LogP contribution in [0.1, 0.15) is 48.3 Å². The third-order valence-corrected chi connectivity index (χ3v) is 4.16. The number of hydrogen-bond donors (Lipinski definition) is 1. The van der Waals surface area contributed by atoms with Crippen LogP contribution in [0.2, 0.25) is 0 Å². The Labute approximate surface area is 130 Å². The Morgan fingerprint density at radius 3 is 2.68 bits per heavy atom. The van der Waals surface area contributed by atoms with Crippen molar-refractivity contribution in [3.05, 3.63) is 46.6 Å². The molecule has 0 fully saturated rings. The molecule has 1 unspecified atom stereocenters. The zero-order valence-electron chi connectivity index (χ0n) is 13.6. The fourth-order valence-electron chi connectivity index (χ4n) is 2.81. The molecule has 5 nitrogen and oxygen atoms in total. The monoisotopic (exact) mass is 298 g/mol. The van der Waals surface area contributed by atoms with Gasteiger partial charge in [0.1, 0.15) is 11.6 Å². The molecule has 3 rings (SSSR count). The van der Waals surface area contributed by atoms with E-state index in [0.717, 1.165) is 40.3 Å². The van der Waals surface area contributed by atoms with Gasteiger partial charge in [0.15, 0.2) is 0 Å². The maximum Gasteiger partial charge on any atom is 0.138 e. The molecule has 2 aromatic heterocycles. The number of nitrogens with two attached hydrogens (primary N) is 1. The van der Waals surface area contributed by atoms with Crippen LogP contribution in [-0.2, 0) is 13.0 Å². The molecule has 5 heteroatoms. The molecule has 22 heavy (non-hydrogen) atoms. The molecule has 0 aliphatic heterocycles. The van der Waals surface area contributed by atoms with E-state index in [2.05, 4.69) is 34.8 Å². The van der Waals surface area contributed by atoms with Gasteiger partial charge in [-0.25, -0.2) is 4.98 Å². The summed E-state index contributed by atoms with van der Waals surface area (Å²) in [4.78, 5) is 4.75. The zero-order valence-corrected chi connectivity index (χ0v) is 13.6. The second-order valence-electron chi connectivity index (χ2n) is 5.82. The number of aryl methyl sites for hydroxylation is 3. The summed E-state index contributed by atoms with van der Waals surface area (Å²) in [6.07, 6.45) is 1.00. The average molecular weight is 298 g/mol. The molecule has 0 bridgehead atoms. The Balaban J connectivity index is 2.16. The molecule has 2 heterocycles. The lowest BCUT2D eigenvalue weighted by molar-refractivity contribution is 0.392. The van der Waals surface area contributed by atoms with Gasteiger partial charge in [0, 0.05) is 5.56 Å². The van der Waals surface area contributed by atoms with Crippen LogP contribution in [0.5, 0.6) is 0 Å². The lowest BCUT2D eigenvalue weighted by Crippen LogP contribution is -2.14. The summed E-state index contributed by atoms with van der Waals surface area (Å²) < 4.78 is 7.45. The molecule has 0 radical (unpaired) electrons. The fraction of sp³-hybridized carbons (Fsp3) is 0.412. The van der Waals surface area contributed by atoms with E-state index in [0.29, 0.717) is 6.54 Å². The minimum Gasteiger partial charge on any atom is -0.361 e. The molecule has 116 valence electrons. The number of hydrogen-bond acceptors (Lipinski definition) is 4. The molecule has 0 aliphatic carbocycles. The Hall–Kier alpha value is -2.14. The molecule has 1 atom stereocenters. The molecule has 0 spiro atoms. The molecule has 0 amide bonds. The Morgan fingerprint density at radius 2 is 2.09 bits per heavy atom. The second-order valence-corrected chi connectivity index (χ2v) is 5.82. The van der Waals surface area contributed by atoms with Crippen LogP contribution in [0.15, 0.2) is 22.7 Å². The van der Waals surface area contributed by atoms with Crippen molar-refractivity contribution in [2.24, 2.45) is 5.73 Å². The molecule has 0 saturated heterocycles. The van der Waals surface area contributed by atoms with Crippen LogP contribution in [0.3, 0.4) is 0 Å². The molecule has 3 aromatic rings. The number of aromatic nitrogens is 3. The van der Waals surface area contributed by atoms with E-state index in [-0.39, 0.29) is 6.04 Å². The predicted molar refractivity (Wildman–Crippen MR) is 86.8 cm³/mol. The first-order chi connectivity index (χ1) is 10.5. The maximum absolute atomic E-state index is 6.13. The normalized spacial score (nSPS) is 13.0. The van der Waals surface area contributed by atoms with Gasteiger partial charge in [0.2, 0.25) is 0 Å². The van der Waals surface area contributed by atoms with E-state index in [9.17, 15) is 0 Å². The minimum absolute atomic E-state index is 0.127. The molecule has 0 aliphatic rings. The SMILES string of the molecule is CCc1ccc2c(c1)nc(C(C)N)n2Cc1c(C)noc1C. The predicted octanol–water partition coefficient (Wildman–Crippen LogP) is 3.27. The van der Waals surface area contributed by atoms with E-state index in [1.54, 1.807) is 0 Å². The smallest absolute Gasteiger partial charge is 0.138 e. The first kappa shape index (κ1) is 14.8. The van der Waals surface area contributed by atoms with Gasteiger partial charge < -0.3 is 14.8 Å². The first-order valence-corrected chi connectivity index (χ1v) is 7.67. The van der Waals surface area contributed by atoms with Crippen molar-refractivity contribution in [1.82, 2.24) is 14.7 Å². The summed E-state index contributed by atoms with van der Waals surface area (Å²) in [7, 11) is 0. The largest absolute Gasteiger partial charge is 0.361 e. The van der Waals surface area contributed by atoms with Crippen LogP contribution < -0.4 is 5.73 Å². The van der Waals surface area contributed by atoms with Gasteiger partial charge >= 0.3 is 0 Å². The van der Waals surface area contributed by atoms with Crippen molar-refractivity contribution in [2.45, 2.75) is 46.7 Å². The molecular weight excluding hydrogens is 276 g/mol. The zero-order chi connectivity index (χ0) is 15.9. The van der Waals surface area contributed by atoms with Crippen molar-refractivity contribution < 1.29 is 4.52 Å². The highest BCUT2D eigenvalue weighted by atomic mass is 16.5. The molecule has 2 N–H and O–H groups in total. The third kappa shape index (κ3) is 2.41. The van der Waals surface area contributed by atoms with Gasteiger partial charge in [-0.05, 0) is 44.9 Å². The maximum atomic E-state index is 6.13. The van der Waals surface area contributed by atoms with E-state index in [1.165, 1.54) is 5.56 Å². The summed E-state index contributed by atoms with van der Waals surface area (Å²) in [6, 6.07) is 6.30. The molecule has 1 aromatic carbocycles. The summed E-state index contributed by atoms with van der Waals surface area (Å²) in [5, 5.41) is 4.04. The van der Waals surface area contributed by atoms with E-state index >= 15 is 0 Å². The summed E-state index contributed by atoms with van der Waals surface area (Å²) in [5.41, 5.74) is 11.5. The van der Waals surface area contributed by atoms with Crippen molar-refractivity contribution in [3.8, 4) is 0 Å². The highest BCUT2D eigenvalue weighted by Gasteiger charge is 2.17. The van der Waals surface area contributed by atoms with Gasteiger partial charge in [0.05, 0.1) is 29.3 Å². The van der Waals surface area contributed by atoms with Crippen LogP contribution in [0, 0.1) is 13.8 Å².